The first-order valence-electron chi connectivity index (χ1n) is 17.3. The van der Waals surface area contributed by atoms with Crippen molar-refractivity contribution in [3.63, 3.8) is 0 Å². The van der Waals surface area contributed by atoms with Gasteiger partial charge in [0.25, 0.3) is 0 Å². The van der Waals surface area contributed by atoms with Crippen LogP contribution >= 0.6 is 11.8 Å². The predicted molar refractivity (Wildman–Crippen MR) is 192 cm³/mol. The van der Waals surface area contributed by atoms with Crippen molar-refractivity contribution >= 4 is 64.8 Å². The SMILES string of the molecule is CSCCC1NC(=O)[C@H](CCCNC(=N)N)NC(=O)C(CCC(=O)O)NC(=O)[C@H]([C@@H](C)O)NC(=O)C(C)NC(=O)CCCCCNC(C)C(=O)C1=O. The van der Waals surface area contributed by atoms with Crippen LogP contribution in [0, 0.1) is 5.41 Å². The van der Waals surface area contributed by atoms with Gasteiger partial charge >= 0.3 is 5.97 Å². The van der Waals surface area contributed by atoms with Crippen molar-refractivity contribution in [1.29, 1.82) is 5.41 Å². The Kier molecular flexibility index (Phi) is 21.1. The highest BCUT2D eigenvalue weighted by atomic mass is 32.2. The van der Waals surface area contributed by atoms with E-state index >= 15 is 0 Å². The van der Waals surface area contributed by atoms with Crippen molar-refractivity contribution in [3.8, 4) is 0 Å². The zero-order chi connectivity index (χ0) is 39.4. The first-order valence-corrected chi connectivity index (χ1v) is 18.7. The number of aliphatic carboxylic acids is 1. The lowest BCUT2D eigenvalue weighted by atomic mass is 10.0. The summed E-state index contributed by atoms with van der Waals surface area (Å²) in [5, 5.41) is 44.9. The van der Waals surface area contributed by atoms with Crippen molar-refractivity contribution < 1.29 is 48.6 Å². The highest BCUT2D eigenvalue weighted by Crippen LogP contribution is 2.09. The monoisotopic (exact) mass is 757 g/mol. The van der Waals surface area contributed by atoms with E-state index < -0.39 is 102 Å². The van der Waals surface area contributed by atoms with Crippen LogP contribution in [0.25, 0.3) is 0 Å². The topological polar surface area (TPSA) is 311 Å². The zero-order valence-corrected chi connectivity index (χ0v) is 31.0. The molecule has 0 spiro atoms. The van der Waals surface area contributed by atoms with Gasteiger partial charge in [0.05, 0.1) is 18.2 Å². The van der Waals surface area contributed by atoms with E-state index in [-0.39, 0.29) is 38.2 Å². The zero-order valence-electron chi connectivity index (χ0n) is 30.2. The Hall–Kier alpha value is -4.30. The average molecular weight is 758 g/mol. The summed E-state index contributed by atoms with van der Waals surface area (Å²) >= 11 is 1.38. The maximum atomic E-state index is 13.7. The molecule has 0 aromatic heterocycles. The Balaban J connectivity index is 3.52. The van der Waals surface area contributed by atoms with Crippen LogP contribution in [0.5, 0.6) is 0 Å². The highest BCUT2D eigenvalue weighted by Gasteiger charge is 2.35. The molecule has 0 aromatic rings. The summed E-state index contributed by atoms with van der Waals surface area (Å²) in [5.41, 5.74) is 5.34. The molecule has 1 saturated heterocycles. The largest absolute Gasteiger partial charge is 0.481 e. The van der Waals surface area contributed by atoms with E-state index in [4.69, 9.17) is 11.1 Å². The second-order valence-corrected chi connectivity index (χ2v) is 13.6. The number of carbonyl (C=O) groups excluding carboxylic acids is 7. The van der Waals surface area contributed by atoms with Crippen LogP contribution in [0.15, 0.2) is 0 Å². The highest BCUT2D eigenvalue weighted by molar-refractivity contribution is 7.98. The van der Waals surface area contributed by atoms with E-state index in [1.807, 2.05) is 0 Å². The van der Waals surface area contributed by atoms with Crippen LogP contribution in [0.4, 0.5) is 0 Å². The van der Waals surface area contributed by atoms with Gasteiger partial charge in [0.2, 0.25) is 41.1 Å². The van der Waals surface area contributed by atoms with Crippen LogP contribution in [-0.4, -0.2) is 131 Å². The Morgan fingerprint density at radius 1 is 0.846 bits per heavy atom. The number of guanidine groups is 1. The Morgan fingerprint density at radius 2 is 1.46 bits per heavy atom. The number of carboxylic acids is 1. The van der Waals surface area contributed by atoms with Crippen LogP contribution in [-0.2, 0) is 38.4 Å². The number of hydrogen-bond acceptors (Lipinski definition) is 12. The number of hydrogen-bond donors (Lipinski definition) is 11. The van der Waals surface area contributed by atoms with Gasteiger partial charge in [-0.25, -0.2) is 0 Å². The molecule has 1 aliphatic rings. The molecule has 1 rings (SSSR count). The number of ketones is 2. The van der Waals surface area contributed by atoms with Crippen LogP contribution in [0.2, 0.25) is 0 Å². The molecule has 0 aromatic carbocycles. The third-order valence-electron chi connectivity index (χ3n) is 8.14. The molecule has 7 atom stereocenters. The quantitative estimate of drug-likeness (QED) is 0.0445. The summed E-state index contributed by atoms with van der Waals surface area (Å²) in [5.74, 6) is -6.93. The van der Waals surface area contributed by atoms with Gasteiger partial charge in [-0.15, -0.1) is 0 Å². The number of aliphatic hydroxyl groups is 1. The minimum absolute atomic E-state index is 0.0667. The average Bonchev–Trinajstić information content (AvgIpc) is 3.07. The van der Waals surface area contributed by atoms with Crippen molar-refractivity contribution in [2.45, 2.75) is 121 Å². The van der Waals surface area contributed by atoms with Gasteiger partial charge in [-0.1, -0.05) is 6.42 Å². The molecule has 0 bridgehead atoms. The van der Waals surface area contributed by atoms with E-state index in [9.17, 15) is 48.6 Å². The number of thioether (sulfide) groups is 1. The first kappa shape index (κ1) is 45.7. The molecule has 0 radical (unpaired) electrons. The number of aliphatic hydroxyl groups excluding tert-OH is 1. The minimum atomic E-state index is -1.62. The predicted octanol–water partition coefficient (Wildman–Crippen LogP) is -2.62. The molecule has 0 saturated carbocycles. The Labute approximate surface area is 307 Å². The van der Waals surface area contributed by atoms with Gasteiger partial charge in [-0.2, -0.15) is 11.8 Å². The second kappa shape index (κ2) is 24.0. The number of carbonyl (C=O) groups is 8. The fraction of sp³-hybridized carbons (Fsp3) is 0.719. The summed E-state index contributed by atoms with van der Waals surface area (Å²) in [6.45, 7) is 4.59. The van der Waals surface area contributed by atoms with Crippen LogP contribution in [0.1, 0.15) is 78.6 Å². The summed E-state index contributed by atoms with van der Waals surface area (Å²) in [6, 6.07) is -7.78. The molecule has 1 aliphatic heterocycles. The molecule has 1 heterocycles. The summed E-state index contributed by atoms with van der Waals surface area (Å²) in [4.78, 5) is 104. The number of carboxylic acid groups (broad SMARTS) is 1. The molecule has 52 heavy (non-hydrogen) atoms. The lowest BCUT2D eigenvalue weighted by molar-refractivity contribution is -0.140. The lowest BCUT2D eigenvalue weighted by Gasteiger charge is -2.27. The number of rotatable bonds is 11. The normalized spacial score (nSPS) is 26.1. The minimum Gasteiger partial charge on any atom is -0.481 e. The molecular weight excluding hydrogens is 702 g/mol. The fourth-order valence-corrected chi connectivity index (χ4v) is 5.56. The van der Waals surface area contributed by atoms with Crippen molar-refractivity contribution in [1.82, 2.24) is 37.2 Å². The van der Waals surface area contributed by atoms with Crippen molar-refractivity contribution in [3.05, 3.63) is 0 Å². The van der Waals surface area contributed by atoms with Crippen molar-refractivity contribution in [2.24, 2.45) is 5.73 Å². The molecule has 5 amide bonds. The van der Waals surface area contributed by atoms with Gasteiger partial charge < -0.3 is 53.2 Å². The number of Topliss-reactive ketones (excluding diaryl/α,β-unsaturated/α-hetero) is 2. The molecule has 1 fully saturated rings. The van der Waals surface area contributed by atoms with E-state index in [2.05, 4.69) is 37.2 Å². The van der Waals surface area contributed by atoms with Gasteiger partial charge in [-0.3, -0.25) is 43.8 Å². The summed E-state index contributed by atoms with van der Waals surface area (Å²) in [7, 11) is 0. The van der Waals surface area contributed by atoms with Crippen LogP contribution < -0.4 is 43.0 Å². The van der Waals surface area contributed by atoms with Gasteiger partial charge in [-0.05, 0) is 77.8 Å². The molecule has 0 aliphatic carbocycles. The maximum Gasteiger partial charge on any atom is 0.303 e. The smallest absolute Gasteiger partial charge is 0.303 e. The molecule has 12 N–H and O–H groups in total. The molecule has 19 nitrogen and oxygen atoms in total. The van der Waals surface area contributed by atoms with Gasteiger partial charge in [0.1, 0.15) is 24.2 Å². The Bertz CT molecular complexity index is 1280. The summed E-state index contributed by atoms with van der Waals surface area (Å²) in [6.07, 6.45) is 1.16. The van der Waals surface area contributed by atoms with E-state index in [1.54, 1.807) is 6.26 Å². The fourth-order valence-electron chi connectivity index (χ4n) is 5.09. The molecule has 294 valence electrons. The molecule has 4 unspecified atom stereocenters. The standard InChI is InChI=1S/C32H55N9O10S/c1-17-26(46)27(47)20(13-16-52-4)38-29(49)21(9-8-15-36-32(33)34)39-30(50)22(11-12-24(44)45)40-31(51)25(19(3)42)41-28(48)18(2)37-23(43)10-6-5-7-14-35-17/h17-22,25,35,42H,5-16H2,1-4H3,(H,37,43)(H,38,49)(H,39,50)(H,40,51)(H,41,48)(H,44,45)(H4,33,34,36)/t17?,18?,19-,20?,21+,22?,25+/m1/s1. The van der Waals surface area contributed by atoms with E-state index in [0.717, 1.165) is 0 Å². The van der Waals surface area contributed by atoms with E-state index in [0.29, 0.717) is 31.6 Å². The maximum absolute atomic E-state index is 13.7. The first-order chi connectivity index (χ1) is 24.5. The lowest BCUT2D eigenvalue weighted by Crippen LogP contribution is -2.61. The van der Waals surface area contributed by atoms with Crippen LogP contribution in [0.3, 0.4) is 0 Å². The second-order valence-electron chi connectivity index (χ2n) is 12.6. The third kappa shape index (κ3) is 17.3. The number of nitrogens with two attached hydrogens (primary N) is 1. The number of amides is 5. The third-order valence-corrected chi connectivity index (χ3v) is 8.79. The number of nitrogens with one attached hydrogen (secondary N) is 8. The van der Waals surface area contributed by atoms with E-state index in [1.165, 1.54) is 32.5 Å². The molecule has 20 heteroatoms. The van der Waals surface area contributed by atoms with Gasteiger partial charge in [0, 0.05) is 19.4 Å². The molecular formula is C32H55N9O10S. The Morgan fingerprint density at radius 3 is 2.06 bits per heavy atom. The van der Waals surface area contributed by atoms with Gasteiger partial charge in [0.15, 0.2) is 5.96 Å². The summed E-state index contributed by atoms with van der Waals surface area (Å²) < 4.78 is 0. The van der Waals surface area contributed by atoms with Crippen molar-refractivity contribution in [2.75, 3.05) is 25.1 Å².